The Hall–Kier alpha value is -3.09. The summed E-state index contributed by atoms with van der Waals surface area (Å²) in [5.74, 6) is -0.0760. The van der Waals surface area contributed by atoms with E-state index in [4.69, 9.17) is 16.6 Å². The topological polar surface area (TPSA) is 55.2 Å². The Morgan fingerprint density at radius 2 is 1.69 bits per heavy atom. The number of aromatic nitrogens is 2. The molecule has 1 aromatic heterocycles. The highest BCUT2D eigenvalue weighted by atomic mass is 35.5. The van der Waals surface area contributed by atoms with Crippen molar-refractivity contribution in [3.63, 3.8) is 0 Å². The first-order chi connectivity index (χ1) is 15.5. The quantitative estimate of drug-likeness (QED) is 0.290. The Morgan fingerprint density at radius 1 is 1.03 bits per heavy atom. The Balaban J connectivity index is 1.71. The highest BCUT2D eigenvalue weighted by Crippen LogP contribution is 2.26. The van der Waals surface area contributed by atoms with Gasteiger partial charge in [-0.2, -0.15) is 0 Å². The molecule has 0 bridgehead atoms. The van der Waals surface area contributed by atoms with E-state index in [0.717, 1.165) is 11.3 Å². The van der Waals surface area contributed by atoms with Gasteiger partial charge in [-0.25, -0.2) is 4.98 Å². The fourth-order valence-corrected chi connectivity index (χ4v) is 4.63. The molecule has 1 atom stereocenters. The molecule has 0 saturated carbocycles. The maximum absolute atomic E-state index is 13.3. The molecule has 0 spiro atoms. The van der Waals surface area contributed by atoms with Crippen molar-refractivity contribution in [2.45, 2.75) is 23.9 Å². The number of thioether (sulfide) groups is 1. The zero-order chi connectivity index (χ0) is 22.7. The first kappa shape index (κ1) is 22.1. The van der Waals surface area contributed by atoms with Crippen LogP contribution in [0.1, 0.15) is 12.5 Å². The van der Waals surface area contributed by atoms with E-state index < -0.39 is 5.25 Å². The van der Waals surface area contributed by atoms with Gasteiger partial charge in [0.05, 0.1) is 22.7 Å². The SMILES string of the molecule is C[C@H](Sc1nc2ccccc2c(=O)n1Cc1ccccc1Cl)C(=O)N(C)c1ccccc1. The normalized spacial score (nSPS) is 12.0. The summed E-state index contributed by atoms with van der Waals surface area (Å²) in [5, 5.41) is 1.14. The smallest absolute Gasteiger partial charge is 0.262 e. The first-order valence-electron chi connectivity index (χ1n) is 10.2. The maximum Gasteiger partial charge on any atom is 0.262 e. The summed E-state index contributed by atoms with van der Waals surface area (Å²) in [4.78, 5) is 32.8. The Bertz CT molecular complexity index is 1320. The molecule has 0 aliphatic carbocycles. The van der Waals surface area contributed by atoms with Gasteiger partial charge in [0.15, 0.2) is 5.16 Å². The van der Waals surface area contributed by atoms with Crippen molar-refractivity contribution in [2.75, 3.05) is 11.9 Å². The molecule has 4 rings (SSSR count). The molecule has 1 heterocycles. The summed E-state index contributed by atoms with van der Waals surface area (Å²) >= 11 is 7.63. The van der Waals surface area contributed by atoms with E-state index >= 15 is 0 Å². The van der Waals surface area contributed by atoms with Gasteiger partial charge in [0, 0.05) is 17.8 Å². The van der Waals surface area contributed by atoms with Gasteiger partial charge in [0.25, 0.3) is 5.56 Å². The minimum Gasteiger partial charge on any atom is -0.315 e. The number of hydrogen-bond donors (Lipinski definition) is 0. The van der Waals surface area contributed by atoms with E-state index in [1.807, 2.05) is 73.7 Å². The number of carbonyl (C=O) groups is 1. The molecule has 0 aliphatic rings. The van der Waals surface area contributed by atoms with Crippen LogP contribution in [0.2, 0.25) is 5.02 Å². The third-order valence-corrected chi connectivity index (χ3v) is 6.66. The second-order valence-corrected chi connectivity index (χ2v) is 9.10. The van der Waals surface area contributed by atoms with Gasteiger partial charge in [0.2, 0.25) is 5.91 Å². The summed E-state index contributed by atoms with van der Waals surface area (Å²) in [7, 11) is 1.75. The number of amides is 1. The van der Waals surface area contributed by atoms with E-state index in [2.05, 4.69) is 0 Å². The molecule has 7 heteroatoms. The molecule has 3 aromatic carbocycles. The largest absolute Gasteiger partial charge is 0.315 e. The average Bonchev–Trinajstić information content (AvgIpc) is 2.82. The van der Waals surface area contributed by atoms with Crippen molar-refractivity contribution in [1.29, 1.82) is 0 Å². The fraction of sp³-hybridized carbons (Fsp3) is 0.160. The number of rotatable bonds is 6. The number of nitrogens with zero attached hydrogens (tertiary/aromatic N) is 3. The van der Waals surface area contributed by atoms with Crippen LogP contribution < -0.4 is 10.5 Å². The van der Waals surface area contributed by atoms with E-state index in [1.54, 1.807) is 28.6 Å². The van der Waals surface area contributed by atoms with Crippen molar-refractivity contribution in [1.82, 2.24) is 9.55 Å². The Morgan fingerprint density at radius 3 is 2.44 bits per heavy atom. The molecular formula is C25H22ClN3O2S. The fourth-order valence-electron chi connectivity index (χ4n) is 3.43. The highest BCUT2D eigenvalue weighted by molar-refractivity contribution is 8.00. The van der Waals surface area contributed by atoms with Crippen LogP contribution >= 0.6 is 23.4 Å². The van der Waals surface area contributed by atoms with Gasteiger partial charge >= 0.3 is 0 Å². The van der Waals surface area contributed by atoms with E-state index in [9.17, 15) is 9.59 Å². The first-order valence-corrected chi connectivity index (χ1v) is 11.4. The minimum absolute atomic E-state index is 0.0760. The average molecular weight is 464 g/mol. The van der Waals surface area contributed by atoms with Crippen LogP contribution in [0.25, 0.3) is 10.9 Å². The van der Waals surface area contributed by atoms with Crippen LogP contribution in [-0.4, -0.2) is 27.8 Å². The third-order valence-electron chi connectivity index (χ3n) is 5.22. The molecule has 0 saturated heterocycles. The summed E-state index contributed by atoms with van der Waals surface area (Å²) < 4.78 is 1.60. The van der Waals surface area contributed by atoms with E-state index in [1.165, 1.54) is 11.8 Å². The number of benzene rings is 3. The lowest BCUT2D eigenvalue weighted by Gasteiger charge is -2.22. The third kappa shape index (κ3) is 4.56. The molecule has 0 aliphatic heterocycles. The van der Waals surface area contributed by atoms with Crippen LogP contribution in [-0.2, 0) is 11.3 Å². The van der Waals surface area contributed by atoms with E-state index in [-0.39, 0.29) is 18.0 Å². The van der Waals surface area contributed by atoms with Gasteiger partial charge in [-0.05, 0) is 42.8 Å². The molecule has 162 valence electrons. The number of anilines is 1. The van der Waals surface area contributed by atoms with Crippen molar-refractivity contribution in [3.05, 3.63) is 99.8 Å². The van der Waals surface area contributed by atoms with Crippen LogP contribution in [0, 0.1) is 0 Å². The summed E-state index contributed by atoms with van der Waals surface area (Å²) in [5.41, 5.74) is 2.07. The summed E-state index contributed by atoms with van der Waals surface area (Å²) in [6.07, 6.45) is 0. The van der Waals surface area contributed by atoms with Crippen LogP contribution in [0.5, 0.6) is 0 Å². The van der Waals surface area contributed by atoms with Crippen molar-refractivity contribution in [2.24, 2.45) is 0 Å². The monoisotopic (exact) mass is 463 g/mol. The summed E-state index contributed by atoms with van der Waals surface area (Å²) in [6.45, 7) is 2.10. The molecule has 1 amide bonds. The minimum atomic E-state index is -0.453. The number of carbonyl (C=O) groups excluding carboxylic acids is 1. The zero-order valence-corrected chi connectivity index (χ0v) is 19.3. The van der Waals surface area contributed by atoms with Crippen LogP contribution in [0.15, 0.2) is 88.8 Å². The maximum atomic E-state index is 13.3. The predicted molar refractivity (Wildman–Crippen MR) is 132 cm³/mol. The molecule has 0 N–H and O–H groups in total. The highest BCUT2D eigenvalue weighted by Gasteiger charge is 2.23. The predicted octanol–water partition coefficient (Wildman–Crippen LogP) is 5.24. The van der Waals surface area contributed by atoms with Crippen LogP contribution in [0.4, 0.5) is 5.69 Å². The molecule has 32 heavy (non-hydrogen) atoms. The zero-order valence-electron chi connectivity index (χ0n) is 17.7. The molecule has 4 aromatic rings. The molecular weight excluding hydrogens is 442 g/mol. The Labute approximate surface area is 195 Å². The van der Waals surface area contributed by atoms with Gasteiger partial charge in [-0.1, -0.05) is 71.9 Å². The van der Waals surface area contributed by atoms with Gasteiger partial charge in [-0.15, -0.1) is 0 Å². The standard InChI is InChI=1S/C25H22ClN3O2S/c1-17(23(30)28(2)19-11-4-3-5-12-19)32-25-27-22-15-9-7-13-20(22)24(31)29(25)16-18-10-6-8-14-21(18)26/h3-15,17H,16H2,1-2H3/t17-/m0/s1. The lowest BCUT2D eigenvalue weighted by Crippen LogP contribution is -2.34. The lowest BCUT2D eigenvalue weighted by atomic mass is 10.2. The second-order valence-electron chi connectivity index (χ2n) is 7.39. The van der Waals surface area contributed by atoms with Crippen LogP contribution in [0.3, 0.4) is 0 Å². The van der Waals surface area contributed by atoms with Gasteiger partial charge in [0.1, 0.15) is 0 Å². The Kier molecular flexibility index (Phi) is 6.63. The molecule has 0 radical (unpaired) electrons. The second kappa shape index (κ2) is 9.59. The number of halogens is 1. The lowest BCUT2D eigenvalue weighted by molar-refractivity contribution is -0.117. The molecule has 0 fully saturated rings. The summed E-state index contributed by atoms with van der Waals surface area (Å²) in [6, 6.07) is 24.1. The molecule has 0 unspecified atom stereocenters. The number of hydrogen-bond acceptors (Lipinski definition) is 4. The van der Waals surface area contributed by atoms with E-state index in [0.29, 0.717) is 21.1 Å². The van der Waals surface area contributed by atoms with Gasteiger partial charge < -0.3 is 4.90 Å². The van der Waals surface area contributed by atoms with Gasteiger partial charge in [-0.3, -0.25) is 14.2 Å². The van der Waals surface area contributed by atoms with Crippen molar-refractivity contribution in [3.8, 4) is 0 Å². The van der Waals surface area contributed by atoms with Crippen molar-refractivity contribution >= 4 is 45.9 Å². The number of fused-ring (bicyclic) bond motifs is 1. The number of para-hydroxylation sites is 2. The van der Waals surface area contributed by atoms with Crippen molar-refractivity contribution < 1.29 is 4.79 Å². The molecule has 5 nitrogen and oxygen atoms in total.